The smallest absolute Gasteiger partial charge is 0.164 e. The van der Waals surface area contributed by atoms with E-state index in [1.807, 2.05) is 18.3 Å². The Bertz CT molecular complexity index is 776. The van der Waals surface area contributed by atoms with E-state index in [0.717, 1.165) is 69.5 Å². The van der Waals surface area contributed by atoms with E-state index in [0.29, 0.717) is 0 Å². The third-order valence-electron chi connectivity index (χ3n) is 5.76. The van der Waals surface area contributed by atoms with Gasteiger partial charge >= 0.3 is 0 Å². The van der Waals surface area contributed by atoms with Crippen molar-refractivity contribution in [3.63, 3.8) is 0 Å². The largest absolute Gasteiger partial charge is 0.493 e. The van der Waals surface area contributed by atoms with Crippen LogP contribution in [0.15, 0.2) is 36.5 Å². The average Bonchev–Trinajstić information content (AvgIpc) is 2.77. The summed E-state index contributed by atoms with van der Waals surface area (Å²) in [6.45, 7) is 5.92. The fourth-order valence-corrected chi connectivity index (χ4v) is 4.24. The Morgan fingerprint density at radius 3 is 2.64 bits per heavy atom. The molecule has 2 aliphatic rings. The molecule has 0 bridgehead atoms. The van der Waals surface area contributed by atoms with E-state index >= 15 is 0 Å². The van der Waals surface area contributed by atoms with Gasteiger partial charge in [0, 0.05) is 44.5 Å². The van der Waals surface area contributed by atoms with Gasteiger partial charge in [-0.3, -0.25) is 4.90 Å². The predicted molar refractivity (Wildman–Crippen MR) is 109 cm³/mol. The summed E-state index contributed by atoms with van der Waals surface area (Å²) in [7, 11) is 3.40. The molecule has 1 unspecified atom stereocenters. The lowest BCUT2D eigenvalue weighted by molar-refractivity contribution is 0.0281. The minimum Gasteiger partial charge on any atom is -0.493 e. The molecule has 0 aliphatic carbocycles. The molecule has 2 aliphatic heterocycles. The molecule has 0 N–H and O–H groups in total. The van der Waals surface area contributed by atoms with Gasteiger partial charge in [0.2, 0.25) is 0 Å². The first-order valence-corrected chi connectivity index (χ1v) is 10.0. The molecule has 0 spiro atoms. The van der Waals surface area contributed by atoms with Gasteiger partial charge in [0.15, 0.2) is 11.5 Å². The summed E-state index contributed by atoms with van der Waals surface area (Å²) >= 11 is 0. The maximum Gasteiger partial charge on any atom is 0.164 e. The van der Waals surface area contributed by atoms with Gasteiger partial charge < -0.3 is 19.1 Å². The van der Waals surface area contributed by atoms with Gasteiger partial charge in [-0.25, -0.2) is 4.98 Å². The Morgan fingerprint density at radius 1 is 1.07 bits per heavy atom. The van der Waals surface area contributed by atoms with Crippen molar-refractivity contribution < 1.29 is 14.2 Å². The standard InChI is InChI=1S/C22H29N3O3/c1-26-20-7-6-17-18(22(20)27-2)9-16-28-19(17)8-11-24-12-14-25(15-13-24)21-5-3-4-10-23-21/h3-7,10,19H,8-9,11-16H2,1-2H3. The molecule has 1 saturated heterocycles. The molecular weight excluding hydrogens is 354 g/mol. The highest BCUT2D eigenvalue weighted by Gasteiger charge is 2.27. The molecule has 6 nitrogen and oxygen atoms in total. The highest BCUT2D eigenvalue weighted by Crippen LogP contribution is 2.40. The molecule has 1 atom stereocenters. The van der Waals surface area contributed by atoms with Crippen molar-refractivity contribution in [1.82, 2.24) is 9.88 Å². The van der Waals surface area contributed by atoms with Crippen LogP contribution < -0.4 is 14.4 Å². The molecule has 28 heavy (non-hydrogen) atoms. The summed E-state index contributed by atoms with van der Waals surface area (Å²) in [5.74, 6) is 2.73. The third-order valence-corrected chi connectivity index (χ3v) is 5.76. The lowest BCUT2D eigenvalue weighted by atomic mass is 9.94. The van der Waals surface area contributed by atoms with Gasteiger partial charge in [0.25, 0.3) is 0 Å². The summed E-state index contributed by atoms with van der Waals surface area (Å²) in [6.07, 6.45) is 3.85. The van der Waals surface area contributed by atoms with Crippen LogP contribution in [0.1, 0.15) is 23.7 Å². The second-order valence-corrected chi connectivity index (χ2v) is 7.28. The van der Waals surface area contributed by atoms with Crippen LogP contribution in [0, 0.1) is 0 Å². The van der Waals surface area contributed by atoms with E-state index in [1.165, 1.54) is 11.1 Å². The van der Waals surface area contributed by atoms with Crippen molar-refractivity contribution in [3.05, 3.63) is 47.7 Å². The van der Waals surface area contributed by atoms with Gasteiger partial charge in [-0.05, 0) is 36.6 Å². The van der Waals surface area contributed by atoms with Crippen LogP contribution in [0.2, 0.25) is 0 Å². The number of hydrogen-bond donors (Lipinski definition) is 0. The fourth-order valence-electron chi connectivity index (χ4n) is 4.24. The summed E-state index contributed by atoms with van der Waals surface area (Å²) in [6, 6.07) is 10.2. The number of aromatic nitrogens is 1. The van der Waals surface area contributed by atoms with E-state index in [2.05, 4.69) is 33.0 Å². The van der Waals surface area contributed by atoms with Gasteiger partial charge in [-0.2, -0.15) is 0 Å². The van der Waals surface area contributed by atoms with Crippen molar-refractivity contribution in [2.24, 2.45) is 0 Å². The lowest BCUT2D eigenvalue weighted by Gasteiger charge is -2.36. The average molecular weight is 383 g/mol. The summed E-state index contributed by atoms with van der Waals surface area (Å²) in [4.78, 5) is 9.35. The summed E-state index contributed by atoms with van der Waals surface area (Å²) in [5.41, 5.74) is 2.48. The number of ether oxygens (including phenoxy) is 3. The number of fused-ring (bicyclic) bond motifs is 1. The molecule has 1 fully saturated rings. The zero-order valence-corrected chi connectivity index (χ0v) is 16.8. The van der Waals surface area contributed by atoms with Crippen LogP contribution in [0.3, 0.4) is 0 Å². The van der Waals surface area contributed by atoms with Crippen LogP contribution in [0.4, 0.5) is 5.82 Å². The van der Waals surface area contributed by atoms with E-state index in [9.17, 15) is 0 Å². The van der Waals surface area contributed by atoms with Gasteiger partial charge in [0.1, 0.15) is 5.82 Å². The van der Waals surface area contributed by atoms with E-state index in [-0.39, 0.29) is 6.10 Å². The normalized spacial score (nSPS) is 19.9. The first-order valence-electron chi connectivity index (χ1n) is 10.0. The highest BCUT2D eigenvalue weighted by molar-refractivity contribution is 5.52. The maximum absolute atomic E-state index is 6.12. The maximum atomic E-state index is 6.12. The van der Waals surface area contributed by atoms with Gasteiger partial charge in [0.05, 0.1) is 26.9 Å². The zero-order chi connectivity index (χ0) is 19.3. The molecule has 1 aromatic carbocycles. The number of hydrogen-bond acceptors (Lipinski definition) is 6. The molecule has 2 aromatic rings. The minimum absolute atomic E-state index is 0.123. The Kier molecular flexibility index (Phi) is 5.98. The zero-order valence-electron chi connectivity index (χ0n) is 16.8. The molecule has 1 aromatic heterocycles. The molecule has 3 heterocycles. The SMILES string of the molecule is COc1ccc2c(c1OC)CCOC2CCN1CCN(c2ccccn2)CC1. The van der Waals surface area contributed by atoms with Crippen molar-refractivity contribution in [3.8, 4) is 11.5 Å². The van der Waals surface area contributed by atoms with Crippen molar-refractivity contribution in [2.75, 3.05) is 58.5 Å². The first kappa shape index (κ1) is 19.0. The van der Waals surface area contributed by atoms with E-state index in [4.69, 9.17) is 14.2 Å². The van der Waals surface area contributed by atoms with Crippen LogP contribution in [0.5, 0.6) is 11.5 Å². The quantitative estimate of drug-likeness (QED) is 0.764. The van der Waals surface area contributed by atoms with Crippen molar-refractivity contribution in [2.45, 2.75) is 18.9 Å². The first-order chi connectivity index (χ1) is 13.8. The molecule has 0 amide bonds. The Morgan fingerprint density at radius 2 is 1.93 bits per heavy atom. The highest BCUT2D eigenvalue weighted by atomic mass is 16.5. The van der Waals surface area contributed by atoms with Crippen molar-refractivity contribution in [1.29, 1.82) is 0 Å². The number of methoxy groups -OCH3 is 2. The van der Waals surface area contributed by atoms with E-state index in [1.54, 1.807) is 14.2 Å². The molecule has 0 saturated carbocycles. The number of piperazine rings is 1. The van der Waals surface area contributed by atoms with Gasteiger partial charge in [-0.15, -0.1) is 0 Å². The van der Waals surface area contributed by atoms with Gasteiger partial charge in [-0.1, -0.05) is 12.1 Å². The van der Waals surface area contributed by atoms with Crippen LogP contribution >= 0.6 is 0 Å². The predicted octanol–water partition coefficient (Wildman–Crippen LogP) is 2.92. The lowest BCUT2D eigenvalue weighted by Crippen LogP contribution is -2.47. The molecular formula is C22H29N3O3. The van der Waals surface area contributed by atoms with Crippen LogP contribution in [-0.2, 0) is 11.2 Å². The number of pyridine rings is 1. The Hall–Kier alpha value is -2.31. The Balaban J connectivity index is 1.36. The number of nitrogens with zero attached hydrogens (tertiary/aromatic N) is 3. The summed E-state index contributed by atoms with van der Waals surface area (Å²) < 4.78 is 17.2. The molecule has 0 radical (unpaired) electrons. The minimum atomic E-state index is 0.123. The van der Waals surface area contributed by atoms with Crippen LogP contribution in [-0.4, -0.2) is 63.4 Å². The summed E-state index contributed by atoms with van der Waals surface area (Å²) in [5, 5.41) is 0. The second kappa shape index (κ2) is 8.80. The molecule has 4 rings (SSSR count). The third kappa shape index (κ3) is 3.93. The Labute approximate surface area is 167 Å². The number of benzene rings is 1. The fraction of sp³-hybridized carbons (Fsp3) is 0.500. The van der Waals surface area contributed by atoms with Crippen LogP contribution in [0.25, 0.3) is 0 Å². The monoisotopic (exact) mass is 383 g/mol. The number of anilines is 1. The number of rotatable bonds is 6. The van der Waals surface area contributed by atoms with Crippen molar-refractivity contribution >= 4 is 5.82 Å². The topological polar surface area (TPSA) is 47.1 Å². The molecule has 6 heteroatoms. The molecule has 150 valence electrons. The van der Waals surface area contributed by atoms with E-state index < -0.39 is 0 Å². The second-order valence-electron chi connectivity index (χ2n) is 7.28.